The summed E-state index contributed by atoms with van der Waals surface area (Å²) in [6.07, 6.45) is 4.45. The number of thiophene rings is 1. The van der Waals surface area contributed by atoms with Crippen molar-refractivity contribution in [1.29, 1.82) is 0 Å². The predicted octanol–water partition coefficient (Wildman–Crippen LogP) is 3.67. The number of hydrogen-bond acceptors (Lipinski definition) is 11. The van der Waals surface area contributed by atoms with Crippen molar-refractivity contribution in [1.82, 2.24) is 10.2 Å². The number of aryl methyl sites for hydroxylation is 1. The lowest BCUT2D eigenvalue weighted by Gasteiger charge is -2.09. The number of anilines is 1. The van der Waals surface area contributed by atoms with Crippen molar-refractivity contribution in [2.24, 2.45) is 0 Å². The quantitative estimate of drug-likeness (QED) is 0.310. The zero-order valence-electron chi connectivity index (χ0n) is 20.7. The number of nitrogens with one attached hydrogen (secondary N) is 1. The number of fused-ring (bicyclic) bond motifs is 1. The van der Waals surface area contributed by atoms with Gasteiger partial charge in [0, 0.05) is 4.88 Å². The summed E-state index contributed by atoms with van der Waals surface area (Å²) in [5.41, 5.74) is 1.45. The van der Waals surface area contributed by atoms with Crippen molar-refractivity contribution in [3.63, 3.8) is 0 Å². The van der Waals surface area contributed by atoms with Crippen LogP contribution < -0.4 is 14.8 Å². The Morgan fingerprint density at radius 2 is 1.78 bits per heavy atom. The Kier molecular flexibility index (Phi) is 8.13. The standard InChI is InChI=1S/C24H27N3O8S2/c1-4-34-23(29)19-14-9-6-5-7-12-17(14)36-22(19)25-18(28)13-37(30,31)24-27-26-21(35-24)20-15(32-2)10-8-11-16(20)33-3/h8,10-11H,4-7,9,12-13H2,1-3H3,(H,25,28). The second-order valence-electron chi connectivity index (χ2n) is 8.21. The van der Waals surface area contributed by atoms with Gasteiger partial charge in [0.05, 0.1) is 26.4 Å². The Bertz CT molecular complexity index is 1390. The van der Waals surface area contributed by atoms with Crippen LogP contribution in [0.4, 0.5) is 5.00 Å². The molecule has 0 radical (unpaired) electrons. The summed E-state index contributed by atoms with van der Waals surface area (Å²) in [7, 11) is -1.43. The van der Waals surface area contributed by atoms with Crippen molar-refractivity contribution >= 4 is 38.1 Å². The summed E-state index contributed by atoms with van der Waals surface area (Å²) < 4.78 is 47.1. The molecule has 0 saturated carbocycles. The molecule has 11 nitrogen and oxygen atoms in total. The highest BCUT2D eigenvalue weighted by Crippen LogP contribution is 2.39. The van der Waals surface area contributed by atoms with E-state index in [1.54, 1.807) is 25.1 Å². The van der Waals surface area contributed by atoms with E-state index >= 15 is 0 Å². The van der Waals surface area contributed by atoms with Crippen LogP contribution in [0.5, 0.6) is 11.5 Å². The first-order valence-electron chi connectivity index (χ1n) is 11.7. The number of rotatable bonds is 9. The number of carbonyl (C=O) groups is 2. The molecule has 37 heavy (non-hydrogen) atoms. The van der Waals surface area contributed by atoms with Gasteiger partial charge in [0.2, 0.25) is 15.7 Å². The van der Waals surface area contributed by atoms with E-state index in [1.165, 1.54) is 25.6 Å². The number of ether oxygens (including phenoxy) is 3. The number of amides is 1. The van der Waals surface area contributed by atoms with Gasteiger partial charge in [-0.15, -0.1) is 16.4 Å². The number of sulfone groups is 1. The molecule has 3 aromatic rings. The molecule has 1 N–H and O–H groups in total. The lowest BCUT2D eigenvalue weighted by atomic mass is 10.1. The molecule has 0 aliphatic heterocycles. The fourth-order valence-electron chi connectivity index (χ4n) is 4.15. The molecule has 2 heterocycles. The van der Waals surface area contributed by atoms with Crippen LogP contribution in [-0.2, 0) is 32.2 Å². The van der Waals surface area contributed by atoms with Gasteiger partial charge in [0.1, 0.15) is 27.8 Å². The minimum absolute atomic E-state index is 0.139. The van der Waals surface area contributed by atoms with E-state index in [0.717, 1.165) is 36.1 Å². The van der Waals surface area contributed by atoms with Crippen LogP contribution in [0.15, 0.2) is 27.8 Å². The minimum Gasteiger partial charge on any atom is -0.496 e. The first-order chi connectivity index (χ1) is 17.8. The van der Waals surface area contributed by atoms with E-state index in [1.807, 2.05) is 0 Å². The zero-order valence-corrected chi connectivity index (χ0v) is 22.3. The summed E-state index contributed by atoms with van der Waals surface area (Å²) >= 11 is 1.28. The van der Waals surface area contributed by atoms with Crippen LogP contribution in [0.25, 0.3) is 11.5 Å². The average Bonchev–Trinajstić information content (AvgIpc) is 3.42. The monoisotopic (exact) mass is 549 g/mol. The van der Waals surface area contributed by atoms with Gasteiger partial charge in [-0.3, -0.25) is 4.79 Å². The van der Waals surface area contributed by atoms with E-state index < -0.39 is 32.7 Å². The Morgan fingerprint density at radius 3 is 2.46 bits per heavy atom. The highest BCUT2D eigenvalue weighted by atomic mass is 32.2. The summed E-state index contributed by atoms with van der Waals surface area (Å²) in [6, 6.07) is 4.95. The largest absolute Gasteiger partial charge is 0.496 e. The Balaban J connectivity index is 1.57. The molecule has 0 atom stereocenters. The van der Waals surface area contributed by atoms with Crippen molar-refractivity contribution in [3.8, 4) is 23.0 Å². The summed E-state index contributed by atoms with van der Waals surface area (Å²) in [5.74, 6) is -1.78. The molecule has 0 saturated heterocycles. The van der Waals surface area contributed by atoms with Crippen LogP contribution >= 0.6 is 11.3 Å². The molecular weight excluding hydrogens is 522 g/mol. The van der Waals surface area contributed by atoms with E-state index in [2.05, 4.69) is 15.5 Å². The Morgan fingerprint density at radius 1 is 1.08 bits per heavy atom. The van der Waals surface area contributed by atoms with Gasteiger partial charge in [-0.2, -0.15) is 0 Å². The highest BCUT2D eigenvalue weighted by Gasteiger charge is 2.31. The van der Waals surface area contributed by atoms with Crippen LogP contribution in [0.2, 0.25) is 0 Å². The van der Waals surface area contributed by atoms with Gasteiger partial charge >= 0.3 is 11.2 Å². The maximum atomic E-state index is 12.9. The van der Waals surface area contributed by atoms with E-state index in [0.29, 0.717) is 23.5 Å². The fourth-order valence-corrected chi connectivity index (χ4v) is 6.35. The third kappa shape index (κ3) is 5.62. The fraction of sp³-hybridized carbons (Fsp3) is 0.417. The molecule has 1 aliphatic carbocycles. The first kappa shape index (κ1) is 26.6. The van der Waals surface area contributed by atoms with Crippen molar-refractivity contribution < 1.29 is 36.6 Å². The number of esters is 1. The van der Waals surface area contributed by atoms with E-state index in [-0.39, 0.29) is 23.1 Å². The molecule has 198 valence electrons. The van der Waals surface area contributed by atoms with Crippen molar-refractivity contribution in [2.75, 3.05) is 31.9 Å². The SMILES string of the molecule is CCOC(=O)c1c(NC(=O)CS(=O)(=O)c2nnc(-c3c(OC)cccc3OC)o2)sc2c1CCCCC2. The Hall–Kier alpha value is -3.45. The molecular formula is C24H27N3O8S2. The molecule has 0 fully saturated rings. The lowest BCUT2D eigenvalue weighted by molar-refractivity contribution is -0.113. The third-order valence-electron chi connectivity index (χ3n) is 5.79. The number of nitrogens with zero attached hydrogens (tertiary/aromatic N) is 2. The van der Waals surface area contributed by atoms with Gasteiger partial charge in [-0.05, 0) is 50.3 Å². The first-order valence-corrected chi connectivity index (χ1v) is 14.1. The number of methoxy groups -OCH3 is 2. The van der Waals surface area contributed by atoms with E-state index in [9.17, 15) is 18.0 Å². The number of benzene rings is 1. The second-order valence-corrected chi connectivity index (χ2v) is 11.2. The van der Waals surface area contributed by atoms with Crippen LogP contribution in [0.3, 0.4) is 0 Å². The lowest BCUT2D eigenvalue weighted by Crippen LogP contribution is -2.24. The molecule has 0 spiro atoms. The molecule has 4 rings (SSSR count). The number of aromatic nitrogens is 2. The van der Waals surface area contributed by atoms with Gasteiger partial charge in [-0.25, -0.2) is 13.2 Å². The van der Waals surface area contributed by atoms with Crippen molar-refractivity contribution in [3.05, 3.63) is 34.2 Å². The third-order valence-corrected chi connectivity index (χ3v) is 8.34. The molecule has 0 bridgehead atoms. The van der Waals surface area contributed by atoms with Gasteiger partial charge < -0.3 is 23.9 Å². The molecule has 0 unspecified atom stereocenters. The van der Waals surface area contributed by atoms with Crippen molar-refractivity contribution in [2.45, 2.75) is 44.3 Å². The van der Waals surface area contributed by atoms with Crippen LogP contribution in [-0.4, -0.2) is 57.1 Å². The van der Waals surface area contributed by atoms with E-state index in [4.69, 9.17) is 18.6 Å². The molecule has 1 amide bonds. The molecule has 1 aliphatic rings. The smallest absolute Gasteiger partial charge is 0.341 e. The minimum atomic E-state index is -4.30. The summed E-state index contributed by atoms with van der Waals surface area (Å²) in [4.78, 5) is 26.5. The van der Waals surface area contributed by atoms with Gasteiger partial charge in [-0.1, -0.05) is 17.6 Å². The molecule has 2 aromatic heterocycles. The summed E-state index contributed by atoms with van der Waals surface area (Å²) in [6.45, 7) is 1.88. The van der Waals surface area contributed by atoms with Gasteiger partial charge in [0.25, 0.3) is 5.89 Å². The average molecular weight is 550 g/mol. The number of hydrogen-bond donors (Lipinski definition) is 1. The van der Waals surface area contributed by atoms with Gasteiger partial charge in [0.15, 0.2) is 0 Å². The predicted molar refractivity (Wildman–Crippen MR) is 135 cm³/mol. The second kappa shape index (κ2) is 11.3. The number of carbonyl (C=O) groups excluding carboxylic acids is 2. The molecule has 1 aromatic carbocycles. The topological polar surface area (TPSA) is 147 Å². The summed E-state index contributed by atoms with van der Waals surface area (Å²) in [5, 5.41) is 9.63. The van der Waals surface area contributed by atoms with Crippen LogP contribution in [0, 0.1) is 0 Å². The van der Waals surface area contributed by atoms with Crippen LogP contribution in [0.1, 0.15) is 47.0 Å². The highest BCUT2D eigenvalue weighted by molar-refractivity contribution is 7.91. The maximum absolute atomic E-state index is 12.9. The zero-order chi connectivity index (χ0) is 26.6. The Labute approximate surface area is 218 Å². The maximum Gasteiger partial charge on any atom is 0.341 e. The molecule has 13 heteroatoms. The normalized spacial score (nSPS) is 13.4.